The van der Waals surface area contributed by atoms with E-state index in [0.29, 0.717) is 18.1 Å². The van der Waals surface area contributed by atoms with Gasteiger partial charge in [0, 0.05) is 6.92 Å². The smallest absolute Gasteiger partial charge is 0.192 e. The fourth-order valence-corrected chi connectivity index (χ4v) is 1.80. The van der Waals surface area contributed by atoms with Gasteiger partial charge in [-0.3, -0.25) is 0 Å². The number of nitrogens with zero attached hydrogens (tertiary/aromatic N) is 1. The van der Waals surface area contributed by atoms with Gasteiger partial charge in [-0.15, -0.1) is 0 Å². The number of aliphatic hydroxyl groups is 1. The lowest BCUT2D eigenvalue weighted by Crippen LogP contribution is -1.97. The number of aliphatic hydroxyl groups excluding tert-OH is 1. The van der Waals surface area contributed by atoms with Crippen LogP contribution in [0, 0.1) is 6.92 Å². The highest BCUT2D eigenvalue weighted by atomic mass is 32.1. The number of aryl methyl sites for hydroxylation is 1. The van der Waals surface area contributed by atoms with Crippen LogP contribution < -0.4 is 0 Å². The summed E-state index contributed by atoms with van der Waals surface area (Å²) in [5.74, 6) is 1.31. The molecule has 2 aromatic rings. The van der Waals surface area contributed by atoms with Gasteiger partial charge in [0.05, 0.1) is 6.10 Å². The molecule has 0 amide bonds. The van der Waals surface area contributed by atoms with E-state index in [2.05, 4.69) is 17.6 Å². The van der Waals surface area contributed by atoms with E-state index in [1.165, 1.54) is 0 Å². The standard InChI is InChI=1S/C11H13NO2S/c1-7-12-9-6-8(10(13)4-5-15)2-3-11(9)14-7/h2-3,6,10,13,15H,4-5H2,1H3. The molecule has 1 atom stereocenters. The number of hydrogen-bond acceptors (Lipinski definition) is 4. The minimum atomic E-state index is -0.469. The van der Waals surface area contributed by atoms with Crippen LogP contribution in [0.25, 0.3) is 11.1 Å². The van der Waals surface area contributed by atoms with Gasteiger partial charge >= 0.3 is 0 Å². The zero-order chi connectivity index (χ0) is 10.8. The third-order valence-electron chi connectivity index (χ3n) is 2.31. The van der Waals surface area contributed by atoms with Crippen molar-refractivity contribution in [2.24, 2.45) is 0 Å². The van der Waals surface area contributed by atoms with Crippen molar-refractivity contribution in [2.45, 2.75) is 19.4 Å². The van der Waals surface area contributed by atoms with Crippen LogP contribution in [0.3, 0.4) is 0 Å². The van der Waals surface area contributed by atoms with Gasteiger partial charge in [0.2, 0.25) is 0 Å². The molecule has 0 fully saturated rings. The molecule has 0 aliphatic carbocycles. The van der Waals surface area contributed by atoms with Crippen molar-refractivity contribution in [2.75, 3.05) is 5.75 Å². The molecule has 4 heteroatoms. The van der Waals surface area contributed by atoms with Crippen molar-refractivity contribution in [3.63, 3.8) is 0 Å². The fourth-order valence-electron chi connectivity index (χ4n) is 1.56. The third kappa shape index (κ3) is 2.16. The number of thiol groups is 1. The van der Waals surface area contributed by atoms with Crippen LogP contribution in [0.5, 0.6) is 0 Å². The number of aromatic nitrogens is 1. The molecule has 80 valence electrons. The Hall–Kier alpha value is -1.00. The molecular weight excluding hydrogens is 210 g/mol. The second-order valence-corrected chi connectivity index (χ2v) is 3.94. The second kappa shape index (κ2) is 4.24. The van der Waals surface area contributed by atoms with E-state index < -0.39 is 6.10 Å². The minimum Gasteiger partial charge on any atom is -0.441 e. The summed E-state index contributed by atoms with van der Waals surface area (Å²) in [7, 11) is 0. The lowest BCUT2D eigenvalue weighted by Gasteiger charge is -2.08. The number of rotatable bonds is 3. The van der Waals surface area contributed by atoms with Crippen molar-refractivity contribution < 1.29 is 9.52 Å². The molecule has 0 aliphatic heterocycles. The molecule has 0 radical (unpaired) electrons. The van der Waals surface area contributed by atoms with Crippen LogP contribution in [-0.2, 0) is 0 Å². The molecule has 0 saturated heterocycles. The third-order valence-corrected chi connectivity index (χ3v) is 2.56. The maximum Gasteiger partial charge on any atom is 0.192 e. The van der Waals surface area contributed by atoms with Gasteiger partial charge in [-0.05, 0) is 29.9 Å². The van der Waals surface area contributed by atoms with E-state index >= 15 is 0 Å². The lowest BCUT2D eigenvalue weighted by molar-refractivity contribution is 0.175. The first-order chi connectivity index (χ1) is 7.20. The van der Waals surface area contributed by atoms with Gasteiger partial charge in [0.1, 0.15) is 5.52 Å². The zero-order valence-electron chi connectivity index (χ0n) is 8.47. The normalized spacial score (nSPS) is 13.3. The van der Waals surface area contributed by atoms with E-state index in [4.69, 9.17) is 4.42 Å². The highest BCUT2D eigenvalue weighted by Gasteiger charge is 2.09. The number of hydrogen-bond donors (Lipinski definition) is 2. The van der Waals surface area contributed by atoms with Crippen molar-refractivity contribution >= 4 is 23.7 Å². The molecule has 1 aromatic carbocycles. The fraction of sp³-hybridized carbons (Fsp3) is 0.364. The molecule has 1 N–H and O–H groups in total. The Bertz CT molecular complexity index is 467. The molecule has 1 aromatic heterocycles. The zero-order valence-corrected chi connectivity index (χ0v) is 9.37. The second-order valence-electron chi connectivity index (χ2n) is 3.49. The highest BCUT2D eigenvalue weighted by Crippen LogP contribution is 2.22. The summed E-state index contributed by atoms with van der Waals surface area (Å²) in [6.45, 7) is 1.81. The van der Waals surface area contributed by atoms with Gasteiger partial charge in [-0.25, -0.2) is 4.98 Å². The Labute approximate surface area is 93.5 Å². The van der Waals surface area contributed by atoms with E-state index in [1.54, 1.807) is 0 Å². The van der Waals surface area contributed by atoms with Crippen LogP contribution in [-0.4, -0.2) is 15.8 Å². The molecule has 1 unspecified atom stereocenters. The largest absolute Gasteiger partial charge is 0.441 e. The summed E-state index contributed by atoms with van der Waals surface area (Å²) < 4.78 is 5.35. The lowest BCUT2D eigenvalue weighted by atomic mass is 10.1. The van der Waals surface area contributed by atoms with E-state index in [-0.39, 0.29) is 0 Å². The van der Waals surface area contributed by atoms with E-state index in [0.717, 1.165) is 16.7 Å². The Morgan fingerprint density at radius 3 is 3.07 bits per heavy atom. The molecule has 3 nitrogen and oxygen atoms in total. The summed E-state index contributed by atoms with van der Waals surface area (Å²) in [6.07, 6.45) is 0.176. The molecule has 0 bridgehead atoms. The van der Waals surface area contributed by atoms with Crippen molar-refractivity contribution in [3.8, 4) is 0 Å². The number of oxazole rings is 1. The quantitative estimate of drug-likeness (QED) is 0.786. The van der Waals surface area contributed by atoms with Gasteiger partial charge in [0.15, 0.2) is 11.5 Å². The molecule has 0 aliphatic rings. The first-order valence-electron chi connectivity index (χ1n) is 4.86. The van der Waals surface area contributed by atoms with Crippen LogP contribution in [0.1, 0.15) is 24.0 Å². The molecular formula is C11H13NO2S. The molecule has 0 spiro atoms. The monoisotopic (exact) mass is 223 g/mol. The number of benzene rings is 1. The van der Waals surface area contributed by atoms with Crippen molar-refractivity contribution in [1.82, 2.24) is 4.98 Å². The predicted octanol–water partition coefficient (Wildman–Crippen LogP) is 2.49. The summed E-state index contributed by atoms with van der Waals surface area (Å²) in [5.41, 5.74) is 2.42. The molecule has 15 heavy (non-hydrogen) atoms. The Balaban J connectivity index is 2.37. The first-order valence-corrected chi connectivity index (χ1v) is 5.50. The summed E-state index contributed by atoms with van der Waals surface area (Å²) >= 11 is 4.09. The summed E-state index contributed by atoms with van der Waals surface area (Å²) in [5, 5.41) is 9.78. The summed E-state index contributed by atoms with van der Waals surface area (Å²) in [4.78, 5) is 4.22. The maximum absolute atomic E-state index is 9.78. The van der Waals surface area contributed by atoms with Gasteiger partial charge in [-0.2, -0.15) is 12.6 Å². The minimum absolute atomic E-state index is 0.469. The highest BCUT2D eigenvalue weighted by molar-refractivity contribution is 7.80. The Morgan fingerprint density at radius 1 is 1.53 bits per heavy atom. The molecule has 2 rings (SSSR count). The maximum atomic E-state index is 9.78. The van der Waals surface area contributed by atoms with Crippen molar-refractivity contribution in [3.05, 3.63) is 29.7 Å². The van der Waals surface area contributed by atoms with E-state index in [9.17, 15) is 5.11 Å². The average Bonchev–Trinajstić information content (AvgIpc) is 2.57. The van der Waals surface area contributed by atoms with Crippen molar-refractivity contribution in [1.29, 1.82) is 0 Å². The topological polar surface area (TPSA) is 46.3 Å². The average molecular weight is 223 g/mol. The van der Waals surface area contributed by atoms with Crippen LogP contribution in [0.4, 0.5) is 0 Å². The Morgan fingerprint density at radius 2 is 2.33 bits per heavy atom. The predicted molar refractivity (Wildman–Crippen MR) is 62.2 cm³/mol. The summed E-state index contributed by atoms with van der Waals surface area (Å²) in [6, 6.07) is 5.56. The van der Waals surface area contributed by atoms with Gasteiger partial charge < -0.3 is 9.52 Å². The SMILES string of the molecule is Cc1nc2cc(C(O)CCS)ccc2o1. The molecule has 1 heterocycles. The number of fused-ring (bicyclic) bond motifs is 1. The van der Waals surface area contributed by atoms with Crippen LogP contribution in [0.2, 0.25) is 0 Å². The van der Waals surface area contributed by atoms with Crippen LogP contribution >= 0.6 is 12.6 Å². The molecule has 0 saturated carbocycles. The van der Waals surface area contributed by atoms with Gasteiger partial charge in [0.25, 0.3) is 0 Å². The van der Waals surface area contributed by atoms with Crippen LogP contribution in [0.15, 0.2) is 22.6 Å². The first kappa shape index (κ1) is 10.5. The van der Waals surface area contributed by atoms with Gasteiger partial charge in [-0.1, -0.05) is 6.07 Å². The Kier molecular flexibility index (Phi) is 2.98. The van der Waals surface area contributed by atoms with E-state index in [1.807, 2.05) is 25.1 Å².